The van der Waals surface area contributed by atoms with Crippen LogP contribution in [0.3, 0.4) is 0 Å². The van der Waals surface area contributed by atoms with E-state index in [2.05, 4.69) is 25.0 Å². The molecule has 3 aromatic heterocycles. The van der Waals surface area contributed by atoms with Crippen LogP contribution in [0, 0.1) is 27.7 Å². The lowest BCUT2D eigenvalue weighted by atomic mass is 10.2. The van der Waals surface area contributed by atoms with Gasteiger partial charge < -0.3 is 9.30 Å². The molecule has 0 aliphatic rings. The number of ether oxygens (including phenoxy) is 1. The number of sulfonamides is 1. The van der Waals surface area contributed by atoms with Crippen LogP contribution in [0.5, 0.6) is 11.6 Å². The van der Waals surface area contributed by atoms with E-state index in [1.807, 2.05) is 20.8 Å². The van der Waals surface area contributed by atoms with E-state index in [1.165, 1.54) is 6.20 Å². The van der Waals surface area contributed by atoms with E-state index in [0.717, 1.165) is 17.0 Å². The molecule has 0 radical (unpaired) electrons. The first kappa shape index (κ1) is 21.5. The van der Waals surface area contributed by atoms with Crippen molar-refractivity contribution in [3.05, 3.63) is 65.4 Å². The van der Waals surface area contributed by atoms with Crippen LogP contribution in [-0.4, -0.2) is 37.9 Å². The molecule has 0 bridgehead atoms. The Morgan fingerprint density at radius 2 is 1.69 bits per heavy atom. The molecule has 3 heterocycles. The van der Waals surface area contributed by atoms with Crippen LogP contribution in [0.25, 0.3) is 5.82 Å². The number of aryl methyl sites for hydroxylation is 3. The highest BCUT2D eigenvalue weighted by Gasteiger charge is 2.18. The van der Waals surface area contributed by atoms with Gasteiger partial charge in [0.2, 0.25) is 5.88 Å². The number of nitrogens with zero attached hydrogens (tertiary/aromatic N) is 6. The van der Waals surface area contributed by atoms with Gasteiger partial charge in [-0.3, -0.25) is 4.72 Å². The Morgan fingerprint density at radius 1 is 0.969 bits per heavy atom. The summed E-state index contributed by atoms with van der Waals surface area (Å²) < 4.78 is 36.6. The molecule has 4 rings (SSSR count). The second kappa shape index (κ2) is 8.08. The first-order valence-corrected chi connectivity index (χ1v) is 11.3. The lowest BCUT2D eigenvalue weighted by Gasteiger charge is -2.08. The van der Waals surface area contributed by atoms with Crippen LogP contribution in [0.15, 0.2) is 47.6 Å². The van der Waals surface area contributed by atoms with Gasteiger partial charge in [-0.15, -0.1) is 10.2 Å². The number of aromatic nitrogens is 6. The fraction of sp³-hybridized carbons (Fsp3) is 0.238. The highest BCUT2D eigenvalue weighted by molar-refractivity contribution is 7.92. The number of rotatable bonds is 6. The predicted octanol–water partition coefficient (Wildman–Crippen LogP) is 3.22. The van der Waals surface area contributed by atoms with Crippen LogP contribution in [-0.2, 0) is 17.1 Å². The molecular formula is C21H23N7O3S. The van der Waals surface area contributed by atoms with E-state index in [9.17, 15) is 8.42 Å². The van der Waals surface area contributed by atoms with Gasteiger partial charge in [-0.25, -0.2) is 9.67 Å². The first-order chi connectivity index (χ1) is 15.1. The Bertz CT molecular complexity index is 1350. The zero-order valence-electron chi connectivity index (χ0n) is 18.4. The van der Waals surface area contributed by atoms with Crippen LogP contribution in [0.4, 0.5) is 5.69 Å². The lowest BCUT2D eigenvalue weighted by Crippen LogP contribution is -2.13. The topological polar surface area (TPSA) is 117 Å². The Labute approximate surface area is 186 Å². The quantitative estimate of drug-likeness (QED) is 0.476. The van der Waals surface area contributed by atoms with Gasteiger partial charge in [-0.2, -0.15) is 13.5 Å². The van der Waals surface area contributed by atoms with Crippen molar-refractivity contribution in [3.63, 3.8) is 0 Å². The molecule has 11 heteroatoms. The largest absolute Gasteiger partial charge is 0.438 e. The van der Waals surface area contributed by atoms with Gasteiger partial charge in [0.05, 0.1) is 5.69 Å². The van der Waals surface area contributed by atoms with Gasteiger partial charge in [-0.05, 0) is 63.6 Å². The monoisotopic (exact) mass is 453 g/mol. The summed E-state index contributed by atoms with van der Waals surface area (Å²) in [5.74, 6) is 2.00. The molecule has 0 saturated carbocycles. The van der Waals surface area contributed by atoms with Crippen molar-refractivity contribution in [2.24, 2.45) is 7.05 Å². The van der Waals surface area contributed by atoms with E-state index in [1.54, 1.807) is 59.6 Å². The third kappa shape index (κ3) is 4.19. The van der Waals surface area contributed by atoms with Crippen molar-refractivity contribution in [3.8, 4) is 17.4 Å². The minimum absolute atomic E-state index is 0.0361. The average Bonchev–Trinajstić information content (AvgIpc) is 3.24. The molecule has 1 aromatic carbocycles. The number of nitrogens with one attached hydrogen (secondary N) is 1. The predicted molar refractivity (Wildman–Crippen MR) is 119 cm³/mol. The first-order valence-electron chi connectivity index (χ1n) is 9.81. The highest BCUT2D eigenvalue weighted by Crippen LogP contribution is 2.23. The zero-order chi connectivity index (χ0) is 23.0. The van der Waals surface area contributed by atoms with Gasteiger partial charge in [-0.1, -0.05) is 0 Å². The SMILES string of the molecule is Cc1nn(-c2ccc(Oc3ccc(NS(=O)(=O)c4cn(C)c(C)n4)cc3)nn2)c(C)c1C. The third-order valence-electron chi connectivity index (χ3n) is 5.19. The maximum absolute atomic E-state index is 12.5. The molecule has 0 saturated heterocycles. The maximum Gasteiger partial charge on any atom is 0.280 e. The number of imidazole rings is 1. The van der Waals surface area contributed by atoms with E-state index in [-0.39, 0.29) is 5.03 Å². The normalized spacial score (nSPS) is 11.5. The fourth-order valence-electron chi connectivity index (χ4n) is 3.00. The van der Waals surface area contributed by atoms with Crippen LogP contribution in [0.2, 0.25) is 0 Å². The molecule has 10 nitrogen and oxygen atoms in total. The van der Waals surface area contributed by atoms with Gasteiger partial charge in [0.15, 0.2) is 10.8 Å². The molecule has 0 amide bonds. The Hall–Kier alpha value is -3.73. The Balaban J connectivity index is 1.45. The van der Waals surface area contributed by atoms with Crippen molar-refractivity contribution in [2.75, 3.05) is 4.72 Å². The molecule has 0 fully saturated rings. The second-order valence-electron chi connectivity index (χ2n) is 7.41. The Kier molecular flexibility index (Phi) is 5.43. The summed E-state index contributed by atoms with van der Waals surface area (Å²) in [6.07, 6.45) is 1.46. The third-order valence-corrected chi connectivity index (χ3v) is 6.44. The summed E-state index contributed by atoms with van der Waals surface area (Å²) in [7, 11) is -2.04. The molecule has 32 heavy (non-hydrogen) atoms. The van der Waals surface area contributed by atoms with Gasteiger partial charge in [0.25, 0.3) is 10.0 Å². The van der Waals surface area contributed by atoms with Crippen molar-refractivity contribution in [1.82, 2.24) is 29.5 Å². The summed E-state index contributed by atoms with van der Waals surface area (Å²) >= 11 is 0. The summed E-state index contributed by atoms with van der Waals surface area (Å²) in [5, 5.41) is 12.7. The summed E-state index contributed by atoms with van der Waals surface area (Å²) in [5.41, 5.74) is 3.45. The van der Waals surface area contributed by atoms with Crippen LogP contribution in [0.1, 0.15) is 22.8 Å². The minimum atomic E-state index is -3.78. The number of benzene rings is 1. The smallest absolute Gasteiger partial charge is 0.280 e. The number of hydrogen-bond donors (Lipinski definition) is 1. The molecule has 0 aliphatic heterocycles. The Morgan fingerprint density at radius 3 is 2.22 bits per heavy atom. The molecule has 0 aliphatic carbocycles. The van der Waals surface area contributed by atoms with Gasteiger partial charge >= 0.3 is 0 Å². The molecule has 0 unspecified atom stereocenters. The summed E-state index contributed by atoms with van der Waals surface area (Å²) in [4.78, 5) is 4.06. The molecule has 1 N–H and O–H groups in total. The molecular weight excluding hydrogens is 430 g/mol. The van der Waals surface area contributed by atoms with Crippen LogP contribution >= 0.6 is 0 Å². The molecule has 166 valence electrons. The summed E-state index contributed by atoms with van der Waals surface area (Å²) in [6.45, 7) is 7.68. The van der Waals surface area contributed by atoms with Crippen molar-refractivity contribution in [2.45, 2.75) is 32.7 Å². The second-order valence-corrected chi connectivity index (χ2v) is 9.04. The van der Waals surface area contributed by atoms with E-state index in [0.29, 0.717) is 29.0 Å². The van der Waals surface area contributed by atoms with E-state index >= 15 is 0 Å². The average molecular weight is 454 g/mol. The zero-order valence-corrected chi connectivity index (χ0v) is 19.2. The molecule has 0 atom stereocenters. The van der Waals surface area contributed by atoms with E-state index < -0.39 is 10.0 Å². The van der Waals surface area contributed by atoms with E-state index in [4.69, 9.17) is 4.74 Å². The highest BCUT2D eigenvalue weighted by atomic mass is 32.2. The summed E-state index contributed by atoms with van der Waals surface area (Å²) in [6, 6.07) is 9.96. The fourth-order valence-corrected chi connectivity index (χ4v) is 4.10. The molecule has 0 spiro atoms. The standard InChI is InChI=1S/C21H23N7O3S/c1-13-14(2)25-28(15(13)3)19-10-11-20(24-23-19)31-18-8-6-17(7-9-18)26-32(29,30)21-12-27(5)16(4)22-21/h6-12,26H,1-5H3. The lowest BCUT2D eigenvalue weighted by molar-refractivity contribution is 0.454. The van der Waals surface area contributed by atoms with Gasteiger partial charge in [0, 0.05) is 30.7 Å². The number of hydrogen-bond acceptors (Lipinski definition) is 7. The molecule has 4 aromatic rings. The number of anilines is 1. The van der Waals surface area contributed by atoms with Crippen molar-refractivity contribution < 1.29 is 13.2 Å². The van der Waals surface area contributed by atoms with Crippen molar-refractivity contribution >= 4 is 15.7 Å². The maximum atomic E-state index is 12.5. The van der Waals surface area contributed by atoms with Gasteiger partial charge in [0.1, 0.15) is 11.6 Å². The minimum Gasteiger partial charge on any atom is -0.438 e. The van der Waals surface area contributed by atoms with Crippen molar-refractivity contribution in [1.29, 1.82) is 0 Å². The van der Waals surface area contributed by atoms with Crippen LogP contribution < -0.4 is 9.46 Å².